The van der Waals surface area contributed by atoms with Crippen LogP contribution in [0.1, 0.15) is 29.3 Å². The number of rotatable bonds is 9. The molecule has 0 radical (unpaired) electrons. The Balaban J connectivity index is 1.73. The van der Waals surface area contributed by atoms with E-state index >= 15 is 0 Å². The number of aryl methyl sites for hydroxylation is 2. The van der Waals surface area contributed by atoms with Gasteiger partial charge >= 0.3 is 0 Å². The van der Waals surface area contributed by atoms with Crippen LogP contribution >= 0.6 is 23.2 Å². The van der Waals surface area contributed by atoms with E-state index in [0.29, 0.717) is 31.0 Å². The van der Waals surface area contributed by atoms with Gasteiger partial charge in [-0.05, 0) is 48.9 Å². The molecule has 2 heterocycles. The fraction of sp³-hybridized carbons (Fsp3) is 0.261. The topological polar surface area (TPSA) is 90.0 Å². The predicted molar refractivity (Wildman–Crippen MR) is 123 cm³/mol. The summed E-state index contributed by atoms with van der Waals surface area (Å²) in [7, 11) is 0. The predicted octanol–water partition coefficient (Wildman–Crippen LogP) is 3.54. The summed E-state index contributed by atoms with van der Waals surface area (Å²) in [6.45, 7) is 0.837. The average molecular weight is 459 g/mol. The molecule has 3 rings (SSSR count). The van der Waals surface area contributed by atoms with Crippen LogP contribution in [-0.4, -0.2) is 22.0 Å². The van der Waals surface area contributed by atoms with Crippen molar-refractivity contribution in [2.45, 2.75) is 31.8 Å². The van der Waals surface area contributed by atoms with Crippen molar-refractivity contribution in [3.63, 3.8) is 0 Å². The Bertz CT molecular complexity index is 1090. The number of aromatic nitrogens is 2. The summed E-state index contributed by atoms with van der Waals surface area (Å²) in [4.78, 5) is 29.9. The van der Waals surface area contributed by atoms with E-state index in [1.807, 2.05) is 30.3 Å². The third-order valence-corrected chi connectivity index (χ3v) is 5.51. The molecule has 3 aromatic rings. The third-order valence-electron chi connectivity index (χ3n) is 4.92. The van der Waals surface area contributed by atoms with Crippen LogP contribution in [0.2, 0.25) is 10.0 Å². The van der Waals surface area contributed by atoms with E-state index in [-0.39, 0.29) is 34.5 Å². The van der Waals surface area contributed by atoms with E-state index in [9.17, 15) is 9.59 Å². The monoisotopic (exact) mass is 458 g/mol. The zero-order valence-electron chi connectivity index (χ0n) is 16.9. The lowest BCUT2D eigenvalue weighted by Crippen LogP contribution is -2.34. The maximum Gasteiger partial charge on any atom is 0.255 e. The molecule has 3 N–H and O–H groups in total. The summed E-state index contributed by atoms with van der Waals surface area (Å²) >= 11 is 12.3. The summed E-state index contributed by atoms with van der Waals surface area (Å²) < 4.78 is 1.55. The van der Waals surface area contributed by atoms with Crippen LogP contribution < -0.4 is 16.6 Å². The second kappa shape index (κ2) is 11.1. The van der Waals surface area contributed by atoms with Gasteiger partial charge in [-0.2, -0.15) is 0 Å². The number of benzene rings is 1. The zero-order valence-corrected chi connectivity index (χ0v) is 18.4. The Morgan fingerprint density at radius 1 is 1.16 bits per heavy atom. The molecular formula is C23H24Cl2N4O2. The summed E-state index contributed by atoms with van der Waals surface area (Å²) in [5, 5.41) is 3.80. The number of carbonyl (C=O) groups is 1. The first kappa shape index (κ1) is 23.0. The molecule has 0 aliphatic rings. The van der Waals surface area contributed by atoms with Crippen molar-refractivity contribution in [2.24, 2.45) is 5.73 Å². The Labute approximate surface area is 191 Å². The van der Waals surface area contributed by atoms with Crippen molar-refractivity contribution in [2.75, 3.05) is 6.54 Å². The molecule has 1 aromatic carbocycles. The van der Waals surface area contributed by atoms with Crippen LogP contribution in [0.15, 0.2) is 65.7 Å². The standard InChI is InChI=1S/C23H24Cl2N4O2/c24-17-5-3-4-16(14-17)21(7-10-26)28-22(30)15-19-20(25)9-13-29(23(19)31)12-8-18-6-1-2-11-27-18/h1-6,9,11,13-14,21H,7-8,10,12,15,26H2,(H,28,30). The van der Waals surface area contributed by atoms with Gasteiger partial charge in [0.1, 0.15) is 0 Å². The first-order valence-electron chi connectivity index (χ1n) is 10.0. The number of hydrogen-bond acceptors (Lipinski definition) is 4. The maximum absolute atomic E-state index is 12.9. The molecule has 162 valence electrons. The lowest BCUT2D eigenvalue weighted by atomic mass is 10.0. The largest absolute Gasteiger partial charge is 0.349 e. The van der Waals surface area contributed by atoms with Crippen molar-refractivity contribution in [3.8, 4) is 0 Å². The minimum Gasteiger partial charge on any atom is -0.349 e. The quantitative estimate of drug-likeness (QED) is 0.512. The highest BCUT2D eigenvalue weighted by molar-refractivity contribution is 6.31. The minimum absolute atomic E-state index is 0.121. The summed E-state index contributed by atoms with van der Waals surface area (Å²) in [5.74, 6) is -0.306. The van der Waals surface area contributed by atoms with E-state index in [2.05, 4.69) is 10.3 Å². The van der Waals surface area contributed by atoms with Gasteiger partial charge in [-0.25, -0.2) is 0 Å². The van der Waals surface area contributed by atoms with Gasteiger partial charge in [0, 0.05) is 41.6 Å². The molecule has 1 unspecified atom stereocenters. The average Bonchev–Trinajstić information content (AvgIpc) is 2.76. The van der Waals surface area contributed by atoms with Crippen molar-refractivity contribution in [1.82, 2.24) is 14.9 Å². The van der Waals surface area contributed by atoms with Gasteiger partial charge in [0.2, 0.25) is 5.91 Å². The third kappa shape index (κ3) is 6.40. The van der Waals surface area contributed by atoms with Gasteiger partial charge in [0.25, 0.3) is 5.56 Å². The molecule has 31 heavy (non-hydrogen) atoms. The lowest BCUT2D eigenvalue weighted by molar-refractivity contribution is -0.121. The van der Waals surface area contributed by atoms with Gasteiger partial charge < -0.3 is 15.6 Å². The van der Waals surface area contributed by atoms with Crippen LogP contribution in [0.4, 0.5) is 0 Å². The van der Waals surface area contributed by atoms with Crippen molar-refractivity contribution >= 4 is 29.1 Å². The van der Waals surface area contributed by atoms with Crippen molar-refractivity contribution in [1.29, 1.82) is 0 Å². The molecule has 0 bridgehead atoms. The van der Waals surface area contributed by atoms with E-state index in [0.717, 1.165) is 11.3 Å². The highest BCUT2D eigenvalue weighted by Gasteiger charge is 2.18. The normalized spacial score (nSPS) is 11.8. The number of hydrogen-bond donors (Lipinski definition) is 2. The summed E-state index contributed by atoms with van der Waals surface area (Å²) in [5.41, 5.74) is 7.45. The number of nitrogens with two attached hydrogens (primary N) is 1. The number of carbonyl (C=O) groups excluding carboxylic acids is 1. The Kier molecular flexibility index (Phi) is 8.23. The van der Waals surface area contributed by atoms with E-state index in [1.165, 1.54) is 0 Å². The van der Waals surface area contributed by atoms with E-state index < -0.39 is 0 Å². The molecule has 2 aromatic heterocycles. The Morgan fingerprint density at radius 2 is 2.00 bits per heavy atom. The molecule has 0 saturated heterocycles. The number of nitrogens with one attached hydrogen (secondary N) is 1. The van der Waals surface area contributed by atoms with Crippen molar-refractivity contribution in [3.05, 3.63) is 98.1 Å². The van der Waals surface area contributed by atoms with Crippen LogP contribution in [0.25, 0.3) is 0 Å². The zero-order chi connectivity index (χ0) is 22.2. The highest BCUT2D eigenvalue weighted by atomic mass is 35.5. The lowest BCUT2D eigenvalue weighted by Gasteiger charge is -2.19. The number of nitrogens with zero attached hydrogens (tertiary/aromatic N) is 2. The van der Waals surface area contributed by atoms with Crippen molar-refractivity contribution < 1.29 is 4.79 Å². The maximum atomic E-state index is 12.9. The van der Waals surface area contributed by atoms with Crippen LogP contribution in [0.5, 0.6) is 0 Å². The molecule has 1 amide bonds. The van der Waals surface area contributed by atoms with Gasteiger partial charge in [0.05, 0.1) is 17.5 Å². The van der Waals surface area contributed by atoms with Gasteiger partial charge in [-0.1, -0.05) is 41.4 Å². The molecule has 0 aliphatic heterocycles. The van der Waals surface area contributed by atoms with Crippen LogP contribution in [-0.2, 0) is 24.2 Å². The minimum atomic E-state index is -0.306. The highest BCUT2D eigenvalue weighted by Crippen LogP contribution is 2.21. The van der Waals surface area contributed by atoms with Gasteiger partial charge in [-0.15, -0.1) is 0 Å². The van der Waals surface area contributed by atoms with E-state index in [4.69, 9.17) is 28.9 Å². The molecular weight excluding hydrogens is 435 g/mol. The fourth-order valence-electron chi connectivity index (χ4n) is 3.33. The van der Waals surface area contributed by atoms with Gasteiger partial charge in [-0.3, -0.25) is 14.6 Å². The molecule has 8 heteroatoms. The Morgan fingerprint density at radius 3 is 2.71 bits per heavy atom. The molecule has 0 spiro atoms. The smallest absolute Gasteiger partial charge is 0.255 e. The molecule has 0 aliphatic carbocycles. The van der Waals surface area contributed by atoms with E-state index in [1.54, 1.807) is 35.2 Å². The first-order valence-corrected chi connectivity index (χ1v) is 10.8. The second-order valence-electron chi connectivity index (χ2n) is 7.14. The van der Waals surface area contributed by atoms with Gasteiger partial charge in [0.15, 0.2) is 0 Å². The SMILES string of the molecule is NCCC(NC(=O)Cc1c(Cl)ccn(CCc2ccccn2)c1=O)c1cccc(Cl)c1. The number of amides is 1. The first-order chi connectivity index (χ1) is 15.0. The Hall–Kier alpha value is -2.67. The molecule has 1 atom stereocenters. The summed E-state index contributed by atoms with van der Waals surface area (Å²) in [6.07, 6.45) is 4.37. The second-order valence-corrected chi connectivity index (χ2v) is 7.98. The summed E-state index contributed by atoms with van der Waals surface area (Å²) in [6, 6.07) is 14.3. The number of halogens is 2. The number of pyridine rings is 2. The molecule has 0 saturated carbocycles. The fourth-order valence-corrected chi connectivity index (χ4v) is 3.74. The molecule has 6 nitrogen and oxygen atoms in total. The molecule has 0 fully saturated rings. The van der Waals surface area contributed by atoms with Crippen LogP contribution in [0.3, 0.4) is 0 Å². The van der Waals surface area contributed by atoms with Crippen LogP contribution in [0, 0.1) is 0 Å².